The average molecular weight is 394 g/mol. The zero-order chi connectivity index (χ0) is 17.5. The predicted molar refractivity (Wildman–Crippen MR) is 97.4 cm³/mol. The van der Waals surface area contributed by atoms with Crippen molar-refractivity contribution in [1.82, 2.24) is 14.5 Å². The molecule has 0 atom stereocenters. The molecule has 5 nitrogen and oxygen atoms in total. The van der Waals surface area contributed by atoms with Crippen molar-refractivity contribution in [2.45, 2.75) is 52.1 Å². The van der Waals surface area contributed by atoms with Crippen LogP contribution in [0.2, 0.25) is 0 Å². The molecular formula is C18H24BrN3O2. The van der Waals surface area contributed by atoms with Crippen molar-refractivity contribution in [3.8, 4) is 0 Å². The molecule has 130 valence electrons. The van der Waals surface area contributed by atoms with Crippen LogP contribution in [0.25, 0.3) is 5.52 Å². The Balaban J connectivity index is 1.71. The largest absolute Gasteiger partial charge is 0.444 e. The fraction of sp³-hybridized carbons (Fsp3) is 0.556. The zero-order valence-electron chi connectivity index (χ0n) is 14.7. The van der Waals surface area contributed by atoms with Crippen molar-refractivity contribution < 1.29 is 9.53 Å². The number of ether oxygens (including phenoxy) is 1. The van der Waals surface area contributed by atoms with Crippen molar-refractivity contribution in [2.24, 2.45) is 0 Å². The van der Waals surface area contributed by atoms with Crippen molar-refractivity contribution in [1.29, 1.82) is 0 Å². The van der Waals surface area contributed by atoms with Crippen LogP contribution in [-0.4, -0.2) is 39.3 Å². The number of amides is 1. The lowest BCUT2D eigenvalue weighted by atomic mass is 9.88. The lowest BCUT2D eigenvalue weighted by molar-refractivity contribution is 0.0204. The number of piperidine rings is 1. The number of rotatable bonds is 1. The summed E-state index contributed by atoms with van der Waals surface area (Å²) in [5.74, 6) is 0.455. The highest BCUT2D eigenvalue weighted by Gasteiger charge is 2.28. The summed E-state index contributed by atoms with van der Waals surface area (Å²) in [6.45, 7) is 9.29. The smallest absolute Gasteiger partial charge is 0.410 e. The number of nitrogens with zero attached hydrogens (tertiary/aromatic N) is 3. The number of aromatic nitrogens is 2. The Morgan fingerprint density at radius 1 is 1.29 bits per heavy atom. The summed E-state index contributed by atoms with van der Waals surface area (Å²) in [5, 5.41) is 4.44. The molecule has 0 N–H and O–H groups in total. The fourth-order valence-corrected chi connectivity index (χ4v) is 3.69. The number of pyridine rings is 1. The van der Waals surface area contributed by atoms with Crippen LogP contribution in [0.15, 0.2) is 22.8 Å². The van der Waals surface area contributed by atoms with Gasteiger partial charge in [-0.2, -0.15) is 5.10 Å². The Labute approximate surface area is 151 Å². The molecule has 0 aromatic carbocycles. The second-order valence-corrected chi connectivity index (χ2v) is 8.26. The van der Waals surface area contributed by atoms with Crippen LogP contribution in [0.1, 0.15) is 50.8 Å². The van der Waals surface area contributed by atoms with E-state index in [4.69, 9.17) is 4.74 Å². The van der Waals surface area contributed by atoms with Crippen LogP contribution in [0.4, 0.5) is 4.79 Å². The van der Waals surface area contributed by atoms with E-state index in [1.54, 1.807) is 0 Å². The van der Waals surface area contributed by atoms with Gasteiger partial charge in [0.2, 0.25) is 0 Å². The average Bonchev–Trinajstić information content (AvgIpc) is 2.89. The van der Waals surface area contributed by atoms with E-state index in [-0.39, 0.29) is 6.09 Å². The highest BCUT2D eigenvalue weighted by Crippen LogP contribution is 2.32. The minimum atomic E-state index is -0.441. The summed E-state index contributed by atoms with van der Waals surface area (Å²) < 4.78 is 8.47. The third-order valence-electron chi connectivity index (χ3n) is 4.50. The standard InChI is InChI=1S/C18H24BrN3O2/c1-12-14(5-6-16-15(19)11-20-22(12)16)13-7-9-21(10-8-13)17(23)24-18(2,3)4/h5-6,11,13H,7-10H2,1-4H3. The van der Waals surface area contributed by atoms with E-state index in [2.05, 4.69) is 40.1 Å². The summed E-state index contributed by atoms with van der Waals surface area (Å²) in [6.07, 6.45) is 3.53. The first-order valence-corrected chi connectivity index (χ1v) is 9.16. The van der Waals surface area contributed by atoms with Gasteiger partial charge in [0, 0.05) is 18.8 Å². The molecule has 1 amide bonds. The number of halogens is 1. The molecule has 1 saturated heterocycles. The highest BCUT2D eigenvalue weighted by atomic mass is 79.9. The molecule has 0 radical (unpaired) electrons. The molecule has 0 unspecified atom stereocenters. The lowest BCUT2D eigenvalue weighted by Crippen LogP contribution is -2.41. The second kappa shape index (κ2) is 6.39. The molecule has 1 aliphatic heterocycles. The van der Waals surface area contributed by atoms with Gasteiger partial charge in [0.1, 0.15) is 5.60 Å². The molecule has 0 aliphatic carbocycles. The van der Waals surface area contributed by atoms with Gasteiger partial charge in [0.05, 0.1) is 16.2 Å². The summed E-state index contributed by atoms with van der Waals surface area (Å²) >= 11 is 3.53. The van der Waals surface area contributed by atoms with Crippen LogP contribution < -0.4 is 0 Å². The van der Waals surface area contributed by atoms with Crippen molar-refractivity contribution in [3.63, 3.8) is 0 Å². The normalized spacial score (nSPS) is 16.6. The van der Waals surface area contributed by atoms with E-state index in [9.17, 15) is 4.79 Å². The quantitative estimate of drug-likeness (QED) is 0.715. The Kier molecular flexibility index (Phi) is 4.60. The third kappa shape index (κ3) is 3.43. The third-order valence-corrected chi connectivity index (χ3v) is 5.11. The number of aryl methyl sites for hydroxylation is 1. The predicted octanol–water partition coefficient (Wildman–Crippen LogP) is 4.52. The van der Waals surface area contributed by atoms with Crippen LogP contribution in [0.5, 0.6) is 0 Å². The molecule has 0 bridgehead atoms. The molecule has 1 fully saturated rings. The first-order valence-electron chi connectivity index (χ1n) is 8.37. The zero-order valence-corrected chi connectivity index (χ0v) is 16.3. The van der Waals surface area contributed by atoms with Gasteiger partial charge in [0.25, 0.3) is 0 Å². The highest BCUT2D eigenvalue weighted by molar-refractivity contribution is 9.10. The number of hydrogen-bond acceptors (Lipinski definition) is 3. The van der Waals surface area contributed by atoms with E-state index in [0.29, 0.717) is 5.92 Å². The van der Waals surface area contributed by atoms with Crippen molar-refractivity contribution in [2.75, 3.05) is 13.1 Å². The van der Waals surface area contributed by atoms with E-state index in [1.165, 1.54) is 11.3 Å². The van der Waals surface area contributed by atoms with E-state index >= 15 is 0 Å². The number of fused-ring (bicyclic) bond motifs is 1. The summed E-state index contributed by atoms with van der Waals surface area (Å²) in [6, 6.07) is 4.31. The SMILES string of the molecule is Cc1c(C2CCN(C(=O)OC(C)(C)C)CC2)ccc2c(Br)cnn12. The van der Waals surface area contributed by atoms with E-state index in [1.807, 2.05) is 36.4 Å². The molecule has 3 heterocycles. The molecule has 1 aliphatic rings. The summed E-state index contributed by atoms with van der Waals surface area (Å²) in [4.78, 5) is 14.0. The van der Waals surface area contributed by atoms with Gasteiger partial charge in [-0.05, 0) is 74.0 Å². The monoisotopic (exact) mass is 393 g/mol. The maximum atomic E-state index is 12.2. The number of likely N-dealkylation sites (tertiary alicyclic amines) is 1. The molecule has 2 aromatic rings. The maximum absolute atomic E-state index is 12.2. The maximum Gasteiger partial charge on any atom is 0.410 e. The summed E-state index contributed by atoms with van der Waals surface area (Å²) in [7, 11) is 0. The van der Waals surface area contributed by atoms with Gasteiger partial charge >= 0.3 is 6.09 Å². The topological polar surface area (TPSA) is 46.8 Å². The Morgan fingerprint density at radius 3 is 2.58 bits per heavy atom. The molecule has 6 heteroatoms. The van der Waals surface area contributed by atoms with E-state index < -0.39 is 5.60 Å². The molecule has 0 spiro atoms. The first-order chi connectivity index (χ1) is 11.3. The molecular weight excluding hydrogens is 370 g/mol. The van der Waals surface area contributed by atoms with Gasteiger partial charge < -0.3 is 9.64 Å². The van der Waals surface area contributed by atoms with Gasteiger partial charge in [-0.25, -0.2) is 9.31 Å². The molecule has 2 aromatic heterocycles. The first kappa shape index (κ1) is 17.3. The van der Waals surface area contributed by atoms with Crippen LogP contribution in [0, 0.1) is 6.92 Å². The molecule has 3 rings (SSSR count). The van der Waals surface area contributed by atoms with Gasteiger partial charge in [-0.15, -0.1) is 0 Å². The van der Waals surface area contributed by atoms with Gasteiger partial charge in [-0.3, -0.25) is 0 Å². The Bertz CT molecular complexity index is 755. The van der Waals surface area contributed by atoms with Gasteiger partial charge in [-0.1, -0.05) is 6.07 Å². The summed E-state index contributed by atoms with van der Waals surface area (Å²) in [5.41, 5.74) is 3.14. The van der Waals surface area contributed by atoms with Crippen molar-refractivity contribution in [3.05, 3.63) is 34.1 Å². The fourth-order valence-electron chi connectivity index (χ4n) is 3.30. The number of hydrogen-bond donors (Lipinski definition) is 0. The Hall–Kier alpha value is -1.56. The molecule has 0 saturated carbocycles. The Morgan fingerprint density at radius 2 is 1.96 bits per heavy atom. The van der Waals surface area contributed by atoms with Crippen LogP contribution >= 0.6 is 15.9 Å². The van der Waals surface area contributed by atoms with Crippen molar-refractivity contribution >= 4 is 27.5 Å². The molecule has 24 heavy (non-hydrogen) atoms. The van der Waals surface area contributed by atoms with Gasteiger partial charge in [0.15, 0.2) is 0 Å². The lowest BCUT2D eigenvalue weighted by Gasteiger charge is -2.34. The minimum absolute atomic E-state index is 0.205. The number of carbonyl (C=O) groups is 1. The van der Waals surface area contributed by atoms with Crippen LogP contribution in [-0.2, 0) is 4.74 Å². The minimum Gasteiger partial charge on any atom is -0.444 e. The second-order valence-electron chi connectivity index (χ2n) is 7.41. The van der Waals surface area contributed by atoms with Crippen LogP contribution in [0.3, 0.4) is 0 Å². The number of carbonyl (C=O) groups excluding carboxylic acids is 1. The van der Waals surface area contributed by atoms with E-state index in [0.717, 1.165) is 35.9 Å².